The van der Waals surface area contributed by atoms with E-state index in [2.05, 4.69) is 6.92 Å². The van der Waals surface area contributed by atoms with Crippen molar-refractivity contribution >= 4 is 5.97 Å². The van der Waals surface area contributed by atoms with Crippen molar-refractivity contribution in [1.29, 1.82) is 0 Å². The summed E-state index contributed by atoms with van der Waals surface area (Å²) in [4.78, 5) is 10.7. The van der Waals surface area contributed by atoms with Gasteiger partial charge in [-0.3, -0.25) is 4.79 Å². The quantitative estimate of drug-likeness (QED) is 0.388. The van der Waals surface area contributed by atoms with Crippen molar-refractivity contribution < 1.29 is 26.0 Å². The Balaban J connectivity index is 0. The third kappa shape index (κ3) is 9.96. The summed E-state index contributed by atoms with van der Waals surface area (Å²) in [5, 5.41) is 0. The van der Waals surface area contributed by atoms with Crippen molar-refractivity contribution in [2.24, 2.45) is 0 Å². The maximum Gasteiger partial charge on any atom is 2.00 e. The van der Waals surface area contributed by atoms with Gasteiger partial charge in [0.1, 0.15) is 0 Å². The van der Waals surface area contributed by atoms with Crippen LogP contribution in [0, 0.1) is 0 Å². The van der Waals surface area contributed by atoms with Crippen LogP contribution in [-0.4, -0.2) is 12.6 Å². The van der Waals surface area contributed by atoms with Gasteiger partial charge < -0.3 is 4.74 Å². The smallest absolute Gasteiger partial charge is 0.466 e. The molecule has 0 aromatic heterocycles. The van der Waals surface area contributed by atoms with Crippen molar-refractivity contribution in [2.75, 3.05) is 6.61 Å². The first kappa shape index (κ1) is 13.5. The summed E-state index contributed by atoms with van der Waals surface area (Å²) in [5.41, 5.74) is 0. The van der Waals surface area contributed by atoms with E-state index in [1.165, 1.54) is 0 Å². The normalized spacial score (nSPS) is 8.55. The monoisotopic (exact) mass is 202 g/mol. The third-order valence-electron chi connectivity index (χ3n) is 1.29. The minimum absolute atomic E-state index is 0. The molecule has 68 valence electrons. The van der Waals surface area contributed by atoms with Crippen LogP contribution in [0.25, 0.3) is 0 Å². The standard InChI is InChI=1S/C8H16O2.Ni/c1-3-5-6-7-8(9)10-4-2;/h3-7H2,1-2H3;/q;+2. The van der Waals surface area contributed by atoms with E-state index in [4.69, 9.17) is 4.74 Å². The van der Waals surface area contributed by atoms with Crippen LogP contribution in [0.15, 0.2) is 0 Å². The SMILES string of the molecule is CCCCCC(=O)OCC.[Ni+2]. The molecule has 0 bridgehead atoms. The molecule has 0 atom stereocenters. The Morgan fingerprint density at radius 2 is 1.91 bits per heavy atom. The molecule has 0 unspecified atom stereocenters. The third-order valence-corrected chi connectivity index (χ3v) is 1.29. The fraction of sp³-hybridized carbons (Fsp3) is 0.875. The number of rotatable bonds is 5. The molecule has 0 saturated carbocycles. The van der Waals surface area contributed by atoms with E-state index in [0.717, 1.165) is 19.3 Å². The molecule has 0 rings (SSSR count). The van der Waals surface area contributed by atoms with Gasteiger partial charge in [0.2, 0.25) is 0 Å². The van der Waals surface area contributed by atoms with Crippen molar-refractivity contribution in [2.45, 2.75) is 39.5 Å². The predicted octanol–water partition coefficient (Wildman–Crippen LogP) is 2.13. The van der Waals surface area contributed by atoms with Crippen LogP contribution in [-0.2, 0) is 26.0 Å². The van der Waals surface area contributed by atoms with Gasteiger partial charge in [-0.15, -0.1) is 0 Å². The fourth-order valence-electron chi connectivity index (χ4n) is 0.752. The molecular formula is C8H16NiO2+2. The van der Waals surface area contributed by atoms with E-state index < -0.39 is 0 Å². The molecule has 0 spiro atoms. The van der Waals surface area contributed by atoms with Crippen molar-refractivity contribution in [3.8, 4) is 0 Å². The second-order valence-electron chi connectivity index (χ2n) is 2.26. The molecule has 0 aromatic carbocycles. The van der Waals surface area contributed by atoms with Crippen LogP contribution in [0.5, 0.6) is 0 Å². The molecule has 2 nitrogen and oxygen atoms in total. The van der Waals surface area contributed by atoms with Gasteiger partial charge in [0.25, 0.3) is 0 Å². The number of ether oxygens (including phenoxy) is 1. The van der Waals surface area contributed by atoms with Crippen LogP contribution in [0.1, 0.15) is 39.5 Å². The Kier molecular flexibility index (Phi) is 12.3. The molecule has 0 heterocycles. The average molecular weight is 203 g/mol. The van der Waals surface area contributed by atoms with Crippen LogP contribution in [0.4, 0.5) is 0 Å². The Morgan fingerprint density at radius 3 is 2.36 bits per heavy atom. The number of esters is 1. The summed E-state index contributed by atoms with van der Waals surface area (Å²) < 4.78 is 4.75. The maximum absolute atomic E-state index is 10.7. The first-order valence-electron chi connectivity index (χ1n) is 3.96. The molecule has 0 N–H and O–H groups in total. The number of carbonyl (C=O) groups is 1. The molecule has 0 aromatic rings. The van der Waals surface area contributed by atoms with E-state index in [-0.39, 0.29) is 22.5 Å². The predicted molar refractivity (Wildman–Crippen MR) is 40.8 cm³/mol. The van der Waals surface area contributed by atoms with Gasteiger partial charge in [-0.1, -0.05) is 19.8 Å². The van der Waals surface area contributed by atoms with Gasteiger partial charge in [0.05, 0.1) is 6.61 Å². The summed E-state index contributed by atoms with van der Waals surface area (Å²) in [5.74, 6) is -0.0593. The Labute approximate surface area is 78.6 Å². The van der Waals surface area contributed by atoms with Gasteiger partial charge in [-0.25, -0.2) is 0 Å². The Hall–Kier alpha value is -0.0365. The molecular weight excluding hydrogens is 187 g/mol. The van der Waals surface area contributed by atoms with Crippen LogP contribution < -0.4 is 0 Å². The van der Waals surface area contributed by atoms with Crippen LogP contribution in [0.2, 0.25) is 0 Å². The fourth-order valence-corrected chi connectivity index (χ4v) is 0.752. The minimum atomic E-state index is -0.0593. The molecule has 0 aliphatic carbocycles. The van der Waals surface area contributed by atoms with Crippen LogP contribution >= 0.6 is 0 Å². The van der Waals surface area contributed by atoms with Gasteiger partial charge in [-0.2, -0.15) is 0 Å². The van der Waals surface area contributed by atoms with Gasteiger partial charge in [-0.05, 0) is 13.3 Å². The minimum Gasteiger partial charge on any atom is -0.466 e. The molecule has 0 radical (unpaired) electrons. The van der Waals surface area contributed by atoms with Gasteiger partial charge in [0, 0.05) is 6.42 Å². The molecule has 0 saturated heterocycles. The summed E-state index contributed by atoms with van der Waals surface area (Å²) in [7, 11) is 0. The average Bonchev–Trinajstić information content (AvgIpc) is 1.89. The van der Waals surface area contributed by atoms with Gasteiger partial charge in [0.15, 0.2) is 0 Å². The molecule has 0 amide bonds. The van der Waals surface area contributed by atoms with E-state index >= 15 is 0 Å². The second kappa shape index (κ2) is 9.96. The molecule has 11 heavy (non-hydrogen) atoms. The zero-order chi connectivity index (χ0) is 7.82. The van der Waals surface area contributed by atoms with E-state index in [9.17, 15) is 4.79 Å². The molecule has 0 fully saturated rings. The van der Waals surface area contributed by atoms with Crippen molar-refractivity contribution in [3.05, 3.63) is 0 Å². The Morgan fingerprint density at radius 1 is 1.27 bits per heavy atom. The number of hydrogen-bond donors (Lipinski definition) is 0. The first-order valence-corrected chi connectivity index (χ1v) is 3.96. The molecule has 3 heteroatoms. The zero-order valence-electron chi connectivity index (χ0n) is 7.17. The maximum atomic E-state index is 10.7. The van der Waals surface area contributed by atoms with E-state index in [0.29, 0.717) is 13.0 Å². The van der Waals surface area contributed by atoms with E-state index in [1.807, 2.05) is 6.92 Å². The first-order chi connectivity index (χ1) is 4.81. The van der Waals surface area contributed by atoms with Crippen LogP contribution in [0.3, 0.4) is 0 Å². The topological polar surface area (TPSA) is 26.3 Å². The van der Waals surface area contributed by atoms with E-state index in [1.54, 1.807) is 0 Å². The zero-order valence-corrected chi connectivity index (χ0v) is 8.16. The van der Waals surface area contributed by atoms with Crippen molar-refractivity contribution in [1.82, 2.24) is 0 Å². The molecule has 0 aliphatic rings. The summed E-state index contributed by atoms with van der Waals surface area (Å²) in [6, 6.07) is 0. The summed E-state index contributed by atoms with van der Waals surface area (Å²) in [6.07, 6.45) is 3.83. The van der Waals surface area contributed by atoms with Gasteiger partial charge >= 0.3 is 22.5 Å². The number of hydrogen-bond acceptors (Lipinski definition) is 2. The largest absolute Gasteiger partial charge is 2.00 e. The second-order valence-corrected chi connectivity index (χ2v) is 2.26. The number of carbonyl (C=O) groups excluding carboxylic acids is 1. The number of unbranched alkanes of at least 4 members (excludes halogenated alkanes) is 2. The summed E-state index contributed by atoms with van der Waals surface area (Å²) >= 11 is 0. The Bertz CT molecular complexity index is 94.1. The molecule has 0 aliphatic heterocycles. The van der Waals surface area contributed by atoms with Crippen molar-refractivity contribution in [3.63, 3.8) is 0 Å². The summed E-state index contributed by atoms with van der Waals surface area (Å²) in [6.45, 7) is 4.45.